The zero-order valence-corrected chi connectivity index (χ0v) is 21.2. The summed E-state index contributed by atoms with van der Waals surface area (Å²) in [5.74, 6) is 0. The highest BCUT2D eigenvalue weighted by molar-refractivity contribution is 5.86. The van der Waals surface area contributed by atoms with Gasteiger partial charge in [-0.05, 0) is 72.5 Å². The van der Waals surface area contributed by atoms with Crippen LogP contribution in [0.1, 0.15) is 61.8 Å². The third-order valence-corrected chi connectivity index (χ3v) is 7.15. The van der Waals surface area contributed by atoms with E-state index in [9.17, 15) is 26.3 Å². The fraction of sp³-hybridized carbons (Fsp3) is 0.333. The molecule has 5 rings (SSSR count). The molecule has 0 bridgehead atoms. The van der Waals surface area contributed by atoms with Gasteiger partial charge in [0.25, 0.3) is 0 Å². The summed E-state index contributed by atoms with van der Waals surface area (Å²) in [6.45, 7) is 5.16. The van der Waals surface area contributed by atoms with E-state index >= 15 is 0 Å². The van der Waals surface area contributed by atoms with Crippen LogP contribution in [0.15, 0.2) is 48.5 Å². The Morgan fingerprint density at radius 1 is 0.553 bits per heavy atom. The van der Waals surface area contributed by atoms with Gasteiger partial charge in [-0.3, -0.25) is 0 Å². The Balaban J connectivity index is 1.72. The van der Waals surface area contributed by atoms with Crippen LogP contribution in [0.5, 0.6) is 0 Å². The van der Waals surface area contributed by atoms with Gasteiger partial charge < -0.3 is 9.80 Å². The molecule has 0 N–H and O–H groups in total. The van der Waals surface area contributed by atoms with Crippen LogP contribution in [-0.4, -0.2) is 13.1 Å². The largest absolute Gasteiger partial charge is 0.416 e. The van der Waals surface area contributed by atoms with Crippen molar-refractivity contribution in [2.45, 2.75) is 51.9 Å². The van der Waals surface area contributed by atoms with Gasteiger partial charge in [-0.15, -0.1) is 0 Å². The van der Waals surface area contributed by atoms with Crippen molar-refractivity contribution in [2.75, 3.05) is 22.9 Å². The molecular formula is C30H28F6N2. The molecule has 2 aliphatic heterocycles. The van der Waals surface area contributed by atoms with E-state index in [0.29, 0.717) is 35.6 Å². The number of hydrogen-bond donors (Lipinski definition) is 0. The number of hydrogen-bond acceptors (Lipinski definition) is 2. The smallest absolute Gasteiger partial charge is 0.340 e. The van der Waals surface area contributed by atoms with Crippen LogP contribution in [0, 0.1) is 0 Å². The van der Waals surface area contributed by atoms with E-state index in [1.54, 1.807) is 0 Å². The van der Waals surface area contributed by atoms with Crippen molar-refractivity contribution in [3.63, 3.8) is 0 Å². The number of anilines is 4. The number of nitrogens with zero attached hydrogens (tertiary/aromatic N) is 2. The van der Waals surface area contributed by atoms with Gasteiger partial charge in [0.15, 0.2) is 0 Å². The molecule has 0 saturated carbocycles. The maximum Gasteiger partial charge on any atom is 0.416 e. The lowest BCUT2D eigenvalue weighted by atomic mass is 9.96. The highest BCUT2D eigenvalue weighted by atomic mass is 19.4. The lowest BCUT2D eigenvalue weighted by Gasteiger charge is -2.34. The maximum absolute atomic E-state index is 13.5. The molecule has 0 unspecified atom stereocenters. The molecule has 2 heterocycles. The third kappa shape index (κ3) is 4.76. The van der Waals surface area contributed by atoms with Crippen molar-refractivity contribution < 1.29 is 26.3 Å². The minimum Gasteiger partial charge on any atom is -0.340 e. The number of unbranched alkanes of at least 4 members (excludes halogenated alkanes) is 2. The Labute approximate surface area is 217 Å². The van der Waals surface area contributed by atoms with Crippen molar-refractivity contribution in [3.8, 4) is 0 Å². The average molecular weight is 531 g/mol. The molecule has 0 amide bonds. The topological polar surface area (TPSA) is 6.48 Å². The summed E-state index contributed by atoms with van der Waals surface area (Å²) in [6.07, 6.45) is -1.83. The summed E-state index contributed by atoms with van der Waals surface area (Å²) >= 11 is 0. The summed E-state index contributed by atoms with van der Waals surface area (Å²) in [6, 6.07) is 11.5. The number of rotatable bonds is 6. The number of alkyl halides is 6. The normalized spacial score (nSPS) is 14.2. The summed E-state index contributed by atoms with van der Waals surface area (Å²) in [4.78, 5) is 3.88. The summed E-state index contributed by atoms with van der Waals surface area (Å²) in [5.41, 5.74) is 2.59. The second-order valence-electron chi connectivity index (χ2n) is 9.81. The molecule has 0 spiro atoms. The van der Waals surface area contributed by atoms with Crippen molar-refractivity contribution >= 4 is 34.9 Å². The molecule has 2 nitrogen and oxygen atoms in total. The fourth-order valence-corrected chi connectivity index (χ4v) is 5.17. The number of benzene rings is 3. The van der Waals surface area contributed by atoms with Crippen LogP contribution >= 0.6 is 0 Å². The van der Waals surface area contributed by atoms with E-state index in [-0.39, 0.29) is 0 Å². The van der Waals surface area contributed by atoms with Crippen LogP contribution in [0.3, 0.4) is 0 Å². The van der Waals surface area contributed by atoms with Crippen LogP contribution in [0.2, 0.25) is 0 Å². The van der Waals surface area contributed by atoms with E-state index in [2.05, 4.69) is 0 Å². The minimum atomic E-state index is -4.45. The Morgan fingerprint density at radius 2 is 0.947 bits per heavy atom. The van der Waals surface area contributed by atoms with Crippen molar-refractivity contribution in [1.82, 2.24) is 0 Å². The lowest BCUT2D eigenvalue weighted by Crippen LogP contribution is -2.35. The van der Waals surface area contributed by atoms with Gasteiger partial charge in [0.1, 0.15) is 0 Å². The van der Waals surface area contributed by atoms with Gasteiger partial charge in [-0.25, -0.2) is 0 Å². The predicted molar refractivity (Wildman–Crippen MR) is 140 cm³/mol. The van der Waals surface area contributed by atoms with Gasteiger partial charge in [0, 0.05) is 46.3 Å². The molecule has 0 aliphatic carbocycles. The monoisotopic (exact) mass is 530 g/mol. The zero-order chi connectivity index (χ0) is 27.2. The molecule has 0 radical (unpaired) electrons. The fourth-order valence-electron chi connectivity index (χ4n) is 5.17. The molecule has 0 atom stereocenters. The van der Waals surface area contributed by atoms with Crippen molar-refractivity contribution in [3.05, 3.63) is 81.2 Å². The van der Waals surface area contributed by atoms with Crippen LogP contribution in [0.4, 0.5) is 49.1 Å². The first-order valence-electron chi connectivity index (χ1n) is 12.9. The summed E-state index contributed by atoms with van der Waals surface area (Å²) in [7, 11) is 0. The van der Waals surface area contributed by atoms with Crippen LogP contribution in [0.25, 0.3) is 12.2 Å². The standard InChI is InChI=1S/C30H28F6N2/c1-3-5-11-37-25-15-22-14-20-8-10-24(30(34,35)36)18-28(20)38(12-6-4-2)26(22)16-21(25)13-19-7-9-23(17-27(19)37)29(31,32)33/h7-10,13-18H,3-6,11-12H2,1-2H3. The van der Waals surface area contributed by atoms with Gasteiger partial charge >= 0.3 is 12.4 Å². The summed E-state index contributed by atoms with van der Waals surface area (Å²) in [5, 5.41) is 1.66. The highest BCUT2D eigenvalue weighted by Gasteiger charge is 2.34. The lowest BCUT2D eigenvalue weighted by molar-refractivity contribution is -0.138. The quantitative estimate of drug-likeness (QED) is 0.299. The Hall–Kier alpha value is -3.42. The summed E-state index contributed by atoms with van der Waals surface area (Å²) < 4.78 is 81.2. The first kappa shape index (κ1) is 26.2. The van der Waals surface area contributed by atoms with Crippen LogP contribution in [-0.2, 0) is 12.4 Å². The van der Waals surface area contributed by atoms with Crippen molar-refractivity contribution in [2.24, 2.45) is 0 Å². The Bertz CT molecular complexity index is 1370. The van der Waals surface area contributed by atoms with Gasteiger partial charge in [-0.1, -0.05) is 38.8 Å². The van der Waals surface area contributed by atoms with Gasteiger partial charge in [0.2, 0.25) is 0 Å². The molecule has 0 saturated heterocycles. The van der Waals surface area contributed by atoms with E-state index in [1.165, 1.54) is 24.3 Å². The van der Waals surface area contributed by atoms with Gasteiger partial charge in [0.05, 0.1) is 11.1 Å². The molecular weight excluding hydrogens is 502 g/mol. The number of fused-ring (bicyclic) bond motifs is 4. The van der Waals surface area contributed by atoms with Crippen molar-refractivity contribution in [1.29, 1.82) is 0 Å². The average Bonchev–Trinajstić information content (AvgIpc) is 2.86. The molecule has 3 aromatic carbocycles. The highest BCUT2D eigenvalue weighted by Crippen LogP contribution is 2.40. The zero-order valence-electron chi connectivity index (χ0n) is 21.2. The van der Waals surface area contributed by atoms with E-state index in [1.807, 2.05) is 47.9 Å². The SMILES string of the molecule is CCCCN1c2cc(C(F)(F)F)ccc2C=c2cc3c(cc21)=Cc1ccc(C(F)(F)F)cc1N3CCCC. The Morgan fingerprint density at radius 3 is 1.29 bits per heavy atom. The molecule has 200 valence electrons. The third-order valence-electron chi connectivity index (χ3n) is 7.15. The second-order valence-corrected chi connectivity index (χ2v) is 9.81. The van der Waals surface area contributed by atoms with Gasteiger partial charge in [-0.2, -0.15) is 26.3 Å². The van der Waals surface area contributed by atoms with E-state index < -0.39 is 23.5 Å². The first-order chi connectivity index (χ1) is 18.0. The predicted octanol–water partition coefficient (Wildman–Crippen LogP) is 7.89. The molecule has 8 heteroatoms. The van der Waals surface area contributed by atoms with E-state index in [0.717, 1.165) is 59.6 Å². The minimum absolute atomic E-state index is 0.509. The molecule has 0 aromatic heterocycles. The maximum atomic E-state index is 13.5. The molecule has 2 aliphatic rings. The van der Waals surface area contributed by atoms with Crippen LogP contribution < -0.4 is 20.2 Å². The molecule has 3 aromatic rings. The number of halogens is 6. The molecule has 0 fully saturated rings. The first-order valence-corrected chi connectivity index (χ1v) is 12.9. The molecule has 38 heavy (non-hydrogen) atoms. The van der Waals surface area contributed by atoms with E-state index in [4.69, 9.17) is 0 Å². The second kappa shape index (κ2) is 9.71. The Kier molecular flexibility index (Phi) is 6.70.